The van der Waals surface area contributed by atoms with Gasteiger partial charge in [0.25, 0.3) is 0 Å². The van der Waals surface area contributed by atoms with Crippen molar-refractivity contribution in [3.8, 4) is 0 Å². The Hall–Kier alpha value is -2.07. The summed E-state index contributed by atoms with van der Waals surface area (Å²) < 4.78 is 11.6. The summed E-state index contributed by atoms with van der Waals surface area (Å²) in [7, 11) is -1.74. The summed E-state index contributed by atoms with van der Waals surface area (Å²) in [6.45, 7) is 13.0. The van der Waals surface area contributed by atoms with Crippen molar-refractivity contribution in [3.05, 3.63) is 65.9 Å². The molecule has 1 aromatic heterocycles. The second-order valence-corrected chi connectivity index (χ2v) is 15.6. The molecule has 4 heteroatoms. The Balaban J connectivity index is 1.77. The Morgan fingerprint density at radius 2 is 1.75 bits per heavy atom. The van der Waals surface area contributed by atoms with Crippen molar-refractivity contribution in [3.63, 3.8) is 0 Å². The van der Waals surface area contributed by atoms with Gasteiger partial charge in [-0.3, -0.25) is 4.79 Å². The van der Waals surface area contributed by atoms with Crippen molar-refractivity contribution < 1.29 is 13.9 Å². The van der Waals surface area contributed by atoms with E-state index in [1.165, 1.54) is 12.5 Å². The molecule has 0 aliphatic heterocycles. The van der Waals surface area contributed by atoms with Gasteiger partial charge in [0.05, 0.1) is 11.6 Å². The molecule has 176 valence electrons. The van der Waals surface area contributed by atoms with Gasteiger partial charge in [0.1, 0.15) is 14.2 Å². The summed E-state index contributed by atoms with van der Waals surface area (Å²) in [5, 5.41) is 1.28. The third-order valence-corrected chi connectivity index (χ3v) is 12.0. The highest BCUT2D eigenvalue weighted by atomic mass is 28.3. The van der Waals surface area contributed by atoms with Gasteiger partial charge in [-0.25, -0.2) is 0 Å². The number of rotatable bonds is 12. The molecule has 2 rings (SSSR count). The van der Waals surface area contributed by atoms with Crippen LogP contribution in [-0.2, 0) is 16.0 Å². The van der Waals surface area contributed by atoms with Crippen LogP contribution in [0.15, 0.2) is 59.2 Å². The number of carbonyl (C=O) groups excluding carboxylic acids is 1. The minimum absolute atomic E-state index is 0.202. The van der Waals surface area contributed by atoms with E-state index >= 15 is 0 Å². The molecule has 0 N–H and O–H groups in total. The van der Waals surface area contributed by atoms with Crippen LogP contribution in [0.3, 0.4) is 0 Å². The highest BCUT2D eigenvalue weighted by Crippen LogP contribution is 2.36. The minimum atomic E-state index is -1.74. The van der Waals surface area contributed by atoms with Gasteiger partial charge in [-0.1, -0.05) is 82.8 Å². The Morgan fingerprint density at radius 1 is 1.06 bits per heavy atom. The van der Waals surface area contributed by atoms with Crippen LogP contribution in [0.5, 0.6) is 0 Å². The molecule has 2 aromatic rings. The molecule has 0 saturated carbocycles. The summed E-state index contributed by atoms with van der Waals surface area (Å²) in [6, 6.07) is 12.8. The van der Waals surface area contributed by atoms with Crippen molar-refractivity contribution >= 4 is 19.4 Å². The number of carbonyl (C=O) groups is 1. The molecule has 1 unspecified atom stereocenters. The summed E-state index contributed by atoms with van der Waals surface area (Å²) in [5.74, 6) is -0.230. The van der Waals surface area contributed by atoms with Gasteiger partial charge in [-0.15, -0.1) is 0 Å². The third-order valence-electron chi connectivity index (χ3n) is 6.74. The van der Waals surface area contributed by atoms with Gasteiger partial charge < -0.3 is 9.15 Å². The van der Waals surface area contributed by atoms with E-state index in [-0.39, 0.29) is 17.1 Å². The van der Waals surface area contributed by atoms with Gasteiger partial charge in [0.15, 0.2) is 0 Å². The fourth-order valence-electron chi connectivity index (χ4n) is 3.61. The second-order valence-electron chi connectivity index (χ2n) is 10.4. The standard InChI is InChI=1S/C28H42O3Si/c1-23(29)31-26(25-21-27(30-22-25)32(5,6)28(2,3)4)20-16-11-9-7-8-10-13-17-24-18-14-12-15-19-24/h8,10,12,14-15,18-19,21-22,26H,7,9,11,13,16-17,20H2,1-6H3/b10-8+. The Kier molecular flexibility index (Phi) is 10.0. The quantitative estimate of drug-likeness (QED) is 0.142. The Bertz CT molecular complexity index is 843. The molecule has 0 aliphatic rings. The van der Waals surface area contributed by atoms with Crippen molar-refractivity contribution in [1.29, 1.82) is 0 Å². The van der Waals surface area contributed by atoms with Crippen LogP contribution in [0.1, 0.15) is 83.5 Å². The van der Waals surface area contributed by atoms with E-state index < -0.39 is 8.07 Å². The highest BCUT2D eigenvalue weighted by molar-refractivity contribution is 6.91. The first-order valence-corrected chi connectivity index (χ1v) is 15.1. The summed E-state index contributed by atoms with van der Waals surface area (Å²) in [4.78, 5) is 11.7. The van der Waals surface area contributed by atoms with Crippen LogP contribution in [-0.4, -0.2) is 14.0 Å². The van der Waals surface area contributed by atoms with Crippen molar-refractivity contribution in [2.45, 2.75) is 96.9 Å². The molecule has 0 amide bonds. The molecular formula is C28H42O3Si. The number of unbranched alkanes of at least 4 members (excludes halogenated alkanes) is 3. The lowest BCUT2D eigenvalue weighted by molar-refractivity contribution is -0.147. The Labute approximate surface area is 196 Å². The molecule has 1 heterocycles. The monoisotopic (exact) mass is 454 g/mol. The lowest BCUT2D eigenvalue weighted by Crippen LogP contribution is -2.48. The number of ether oxygens (including phenoxy) is 1. The lowest BCUT2D eigenvalue weighted by atomic mass is 10.0. The summed E-state index contributed by atoms with van der Waals surface area (Å²) in [6.07, 6.45) is 13.7. The van der Waals surface area contributed by atoms with Crippen LogP contribution in [0.4, 0.5) is 0 Å². The van der Waals surface area contributed by atoms with Gasteiger partial charge in [0.2, 0.25) is 0 Å². The van der Waals surface area contributed by atoms with E-state index in [9.17, 15) is 4.79 Å². The first kappa shape index (κ1) is 26.2. The zero-order chi connectivity index (χ0) is 23.6. The molecule has 0 spiro atoms. The fraction of sp³-hybridized carbons (Fsp3) is 0.536. The predicted octanol–water partition coefficient (Wildman–Crippen LogP) is 7.74. The fourth-order valence-corrected chi connectivity index (χ4v) is 5.23. The van der Waals surface area contributed by atoms with E-state index in [2.05, 4.69) is 82.4 Å². The van der Waals surface area contributed by atoms with E-state index in [0.717, 1.165) is 55.9 Å². The van der Waals surface area contributed by atoms with Gasteiger partial charge >= 0.3 is 5.97 Å². The van der Waals surface area contributed by atoms with E-state index in [1.807, 2.05) is 0 Å². The van der Waals surface area contributed by atoms with Crippen LogP contribution in [0.25, 0.3) is 0 Å². The SMILES string of the molecule is CC(=O)OC(CCCCC/C=C/CCc1ccccc1)c1coc([Si](C)(C)C(C)(C)C)c1. The van der Waals surface area contributed by atoms with Crippen LogP contribution in [0.2, 0.25) is 18.1 Å². The number of esters is 1. The number of aryl methyl sites for hydroxylation is 1. The molecular weight excluding hydrogens is 412 g/mol. The van der Waals surface area contributed by atoms with Gasteiger partial charge in [-0.05, 0) is 55.2 Å². The maximum absolute atomic E-state index is 11.7. The number of benzene rings is 1. The zero-order valence-corrected chi connectivity index (χ0v) is 21.9. The van der Waals surface area contributed by atoms with E-state index in [4.69, 9.17) is 9.15 Å². The molecule has 0 radical (unpaired) electrons. The van der Waals surface area contributed by atoms with Crippen molar-refractivity contribution in [1.82, 2.24) is 0 Å². The first-order valence-electron chi connectivity index (χ1n) is 12.1. The molecule has 0 aliphatic carbocycles. The molecule has 32 heavy (non-hydrogen) atoms. The Morgan fingerprint density at radius 3 is 2.41 bits per heavy atom. The molecule has 3 nitrogen and oxygen atoms in total. The molecule has 0 saturated heterocycles. The largest absolute Gasteiger partial charge is 0.474 e. The zero-order valence-electron chi connectivity index (χ0n) is 20.9. The molecule has 1 aromatic carbocycles. The van der Waals surface area contributed by atoms with Gasteiger partial charge in [0, 0.05) is 12.5 Å². The number of hydrogen-bond donors (Lipinski definition) is 0. The number of hydrogen-bond acceptors (Lipinski definition) is 3. The van der Waals surface area contributed by atoms with E-state index in [1.54, 1.807) is 6.26 Å². The smallest absolute Gasteiger partial charge is 0.303 e. The lowest BCUT2D eigenvalue weighted by Gasteiger charge is -2.34. The number of furan rings is 1. The number of allylic oxidation sites excluding steroid dienone is 2. The second kappa shape index (κ2) is 12.2. The van der Waals surface area contributed by atoms with Gasteiger partial charge in [-0.2, -0.15) is 0 Å². The average Bonchev–Trinajstić information content (AvgIpc) is 3.22. The molecule has 1 atom stereocenters. The maximum Gasteiger partial charge on any atom is 0.303 e. The summed E-state index contributed by atoms with van der Waals surface area (Å²) >= 11 is 0. The minimum Gasteiger partial charge on any atom is -0.474 e. The molecule has 0 fully saturated rings. The average molecular weight is 455 g/mol. The summed E-state index contributed by atoms with van der Waals surface area (Å²) in [5.41, 5.74) is 2.39. The van der Waals surface area contributed by atoms with Crippen LogP contribution < -0.4 is 5.38 Å². The molecule has 0 bridgehead atoms. The van der Waals surface area contributed by atoms with Crippen molar-refractivity contribution in [2.24, 2.45) is 0 Å². The topological polar surface area (TPSA) is 39.4 Å². The van der Waals surface area contributed by atoms with Crippen LogP contribution >= 0.6 is 0 Å². The predicted molar refractivity (Wildman–Crippen MR) is 137 cm³/mol. The normalized spacial score (nSPS) is 13.4. The van der Waals surface area contributed by atoms with Crippen molar-refractivity contribution in [2.75, 3.05) is 0 Å². The first-order chi connectivity index (χ1) is 15.1. The van der Waals surface area contributed by atoms with Crippen LogP contribution in [0, 0.1) is 0 Å². The van der Waals surface area contributed by atoms with E-state index in [0.29, 0.717) is 0 Å². The third kappa shape index (κ3) is 8.12. The maximum atomic E-state index is 11.7. The highest BCUT2D eigenvalue weighted by Gasteiger charge is 2.40.